The lowest BCUT2D eigenvalue weighted by Gasteiger charge is -2.33. The Morgan fingerprint density at radius 3 is 3.00 bits per heavy atom. The van der Waals surface area contributed by atoms with Crippen LogP contribution in [-0.4, -0.2) is 40.1 Å². The van der Waals surface area contributed by atoms with E-state index in [-0.39, 0.29) is 5.92 Å². The van der Waals surface area contributed by atoms with E-state index in [0.717, 1.165) is 31.6 Å². The molecule has 23 heavy (non-hydrogen) atoms. The predicted molar refractivity (Wildman–Crippen MR) is 83.7 cm³/mol. The number of methoxy groups -OCH3 is 1. The number of hydrogen-bond donors (Lipinski definition) is 0. The summed E-state index contributed by atoms with van der Waals surface area (Å²) in [6.45, 7) is 2.06. The maximum atomic E-state index is 9.21. The van der Waals surface area contributed by atoms with Gasteiger partial charge in [0, 0.05) is 50.4 Å². The van der Waals surface area contributed by atoms with Gasteiger partial charge < -0.3 is 9.64 Å². The van der Waals surface area contributed by atoms with E-state index in [0.29, 0.717) is 23.9 Å². The minimum absolute atomic E-state index is 0.288. The molecule has 1 saturated heterocycles. The second kappa shape index (κ2) is 7.11. The van der Waals surface area contributed by atoms with E-state index in [1.54, 1.807) is 25.7 Å². The lowest BCUT2D eigenvalue weighted by molar-refractivity contribution is 0.177. The number of rotatable bonds is 4. The number of piperidine rings is 1. The maximum Gasteiger partial charge on any atom is 0.183 e. The molecule has 1 atom stereocenters. The van der Waals surface area contributed by atoms with Gasteiger partial charge in [0.1, 0.15) is 12.7 Å². The highest BCUT2D eigenvalue weighted by atomic mass is 16.5. The summed E-state index contributed by atoms with van der Waals surface area (Å²) >= 11 is 0. The van der Waals surface area contributed by atoms with Crippen molar-refractivity contribution in [1.29, 1.82) is 5.26 Å². The highest BCUT2D eigenvalue weighted by Crippen LogP contribution is 2.28. The lowest BCUT2D eigenvalue weighted by atomic mass is 9.94. The lowest BCUT2D eigenvalue weighted by Crippen LogP contribution is -2.36. The number of anilines is 1. The summed E-state index contributed by atoms with van der Waals surface area (Å²) in [5, 5.41) is 9.21. The first-order chi connectivity index (χ1) is 11.3. The molecule has 0 amide bonds. The van der Waals surface area contributed by atoms with Crippen LogP contribution in [0.4, 0.5) is 5.82 Å². The largest absolute Gasteiger partial charge is 0.377 e. The number of aromatic nitrogens is 4. The molecule has 0 aromatic carbocycles. The van der Waals surface area contributed by atoms with Crippen molar-refractivity contribution in [2.75, 3.05) is 25.1 Å². The molecule has 1 unspecified atom stereocenters. The molecule has 0 spiro atoms. The summed E-state index contributed by atoms with van der Waals surface area (Å²) < 4.78 is 5.10. The zero-order valence-electron chi connectivity index (χ0n) is 13.0. The molecule has 3 heterocycles. The van der Waals surface area contributed by atoms with Gasteiger partial charge in [0.2, 0.25) is 0 Å². The average Bonchev–Trinajstić information content (AvgIpc) is 2.62. The van der Waals surface area contributed by atoms with E-state index in [2.05, 4.69) is 30.9 Å². The Bertz CT molecular complexity index is 714. The summed E-state index contributed by atoms with van der Waals surface area (Å²) in [4.78, 5) is 19.4. The zero-order valence-corrected chi connectivity index (χ0v) is 13.0. The molecule has 0 saturated carbocycles. The normalized spacial score (nSPS) is 17.7. The van der Waals surface area contributed by atoms with Gasteiger partial charge in [-0.25, -0.2) is 19.9 Å². The maximum absolute atomic E-state index is 9.21. The third kappa shape index (κ3) is 3.43. The van der Waals surface area contributed by atoms with Crippen molar-refractivity contribution >= 4 is 5.82 Å². The molecule has 3 rings (SSSR count). The smallest absolute Gasteiger partial charge is 0.183 e. The molecule has 2 aromatic heterocycles. The zero-order chi connectivity index (χ0) is 16.1. The van der Waals surface area contributed by atoms with Gasteiger partial charge >= 0.3 is 0 Å². The fourth-order valence-corrected chi connectivity index (χ4v) is 2.89. The van der Waals surface area contributed by atoms with Crippen LogP contribution in [-0.2, 0) is 11.3 Å². The summed E-state index contributed by atoms with van der Waals surface area (Å²) in [6, 6.07) is 4.07. The van der Waals surface area contributed by atoms with Crippen LogP contribution in [0.25, 0.3) is 0 Å². The van der Waals surface area contributed by atoms with Crippen molar-refractivity contribution in [1.82, 2.24) is 19.9 Å². The highest BCUT2D eigenvalue weighted by Gasteiger charge is 2.25. The number of nitriles is 1. The van der Waals surface area contributed by atoms with Crippen LogP contribution in [0.5, 0.6) is 0 Å². The van der Waals surface area contributed by atoms with Gasteiger partial charge in [-0.15, -0.1) is 0 Å². The van der Waals surface area contributed by atoms with Crippen LogP contribution < -0.4 is 4.90 Å². The Morgan fingerprint density at radius 2 is 2.17 bits per heavy atom. The SMILES string of the molecule is COCc1nccc(C2CCCN(c3nccnc3C#N)C2)n1. The van der Waals surface area contributed by atoms with Crippen LogP contribution >= 0.6 is 0 Å². The molecule has 7 heteroatoms. The molecule has 0 aliphatic carbocycles. The molecular formula is C16H18N6O. The second-order valence-electron chi connectivity index (χ2n) is 5.46. The molecule has 1 aliphatic rings. The predicted octanol–water partition coefficient (Wildman–Crippen LogP) is 1.67. The van der Waals surface area contributed by atoms with Gasteiger partial charge in [-0.1, -0.05) is 0 Å². The summed E-state index contributed by atoms with van der Waals surface area (Å²) in [5.41, 5.74) is 1.38. The van der Waals surface area contributed by atoms with E-state index in [9.17, 15) is 5.26 Å². The van der Waals surface area contributed by atoms with Crippen LogP contribution in [0, 0.1) is 11.3 Å². The first-order valence-electron chi connectivity index (χ1n) is 7.58. The number of ether oxygens (including phenoxy) is 1. The third-order valence-corrected chi connectivity index (χ3v) is 3.92. The Labute approximate surface area is 135 Å². The summed E-state index contributed by atoms with van der Waals surface area (Å²) in [7, 11) is 1.63. The van der Waals surface area contributed by atoms with Crippen molar-refractivity contribution in [3.8, 4) is 6.07 Å². The minimum atomic E-state index is 0.288. The van der Waals surface area contributed by atoms with Crippen molar-refractivity contribution in [3.05, 3.63) is 41.9 Å². The first-order valence-corrected chi connectivity index (χ1v) is 7.58. The third-order valence-electron chi connectivity index (χ3n) is 3.92. The molecule has 118 valence electrons. The summed E-state index contributed by atoms with van der Waals surface area (Å²) in [5.74, 6) is 1.64. The van der Waals surface area contributed by atoms with Crippen LogP contribution in [0.1, 0.15) is 36.0 Å². The fraction of sp³-hybridized carbons (Fsp3) is 0.438. The van der Waals surface area contributed by atoms with Crippen LogP contribution in [0.2, 0.25) is 0 Å². The average molecular weight is 310 g/mol. The molecule has 7 nitrogen and oxygen atoms in total. The quantitative estimate of drug-likeness (QED) is 0.848. The van der Waals surface area contributed by atoms with Gasteiger partial charge in [-0.2, -0.15) is 5.26 Å². The molecule has 0 N–H and O–H groups in total. The highest BCUT2D eigenvalue weighted by molar-refractivity contribution is 5.50. The van der Waals surface area contributed by atoms with Gasteiger partial charge in [-0.05, 0) is 18.9 Å². The molecule has 2 aromatic rings. The van der Waals surface area contributed by atoms with Crippen molar-refractivity contribution in [2.24, 2.45) is 0 Å². The van der Waals surface area contributed by atoms with E-state index >= 15 is 0 Å². The Balaban J connectivity index is 1.81. The Hall–Kier alpha value is -2.59. The Morgan fingerprint density at radius 1 is 1.30 bits per heavy atom. The number of nitrogens with zero attached hydrogens (tertiary/aromatic N) is 6. The first kappa shape index (κ1) is 15.3. The van der Waals surface area contributed by atoms with Crippen LogP contribution in [0.15, 0.2) is 24.7 Å². The standard InChI is InChI=1S/C16H18N6O/c1-23-11-15-19-5-4-13(21-15)12-3-2-8-22(10-12)16-14(9-17)18-6-7-20-16/h4-7,12H,2-3,8,10-11H2,1H3. The van der Waals surface area contributed by atoms with Crippen molar-refractivity contribution < 1.29 is 4.74 Å². The monoisotopic (exact) mass is 310 g/mol. The van der Waals surface area contributed by atoms with Gasteiger partial charge in [-0.3, -0.25) is 0 Å². The molecule has 0 radical (unpaired) electrons. The number of hydrogen-bond acceptors (Lipinski definition) is 7. The summed E-state index contributed by atoms with van der Waals surface area (Å²) in [6.07, 6.45) is 7.03. The molecule has 1 fully saturated rings. The van der Waals surface area contributed by atoms with Crippen molar-refractivity contribution in [2.45, 2.75) is 25.4 Å². The Kier molecular flexibility index (Phi) is 4.74. The van der Waals surface area contributed by atoms with Gasteiger partial charge in [0.25, 0.3) is 0 Å². The van der Waals surface area contributed by atoms with Gasteiger partial charge in [0.05, 0.1) is 0 Å². The second-order valence-corrected chi connectivity index (χ2v) is 5.46. The van der Waals surface area contributed by atoms with E-state index in [1.165, 1.54) is 0 Å². The minimum Gasteiger partial charge on any atom is -0.377 e. The van der Waals surface area contributed by atoms with Gasteiger partial charge in [0.15, 0.2) is 17.3 Å². The topological polar surface area (TPSA) is 87.8 Å². The van der Waals surface area contributed by atoms with E-state index in [4.69, 9.17) is 4.74 Å². The van der Waals surface area contributed by atoms with E-state index < -0.39 is 0 Å². The van der Waals surface area contributed by atoms with Crippen LogP contribution in [0.3, 0.4) is 0 Å². The molecular weight excluding hydrogens is 292 g/mol. The van der Waals surface area contributed by atoms with Crippen molar-refractivity contribution in [3.63, 3.8) is 0 Å². The molecule has 0 bridgehead atoms. The molecule has 1 aliphatic heterocycles. The van der Waals surface area contributed by atoms with E-state index in [1.807, 2.05) is 6.07 Å². The fourth-order valence-electron chi connectivity index (χ4n) is 2.89.